The summed E-state index contributed by atoms with van der Waals surface area (Å²) in [5.74, 6) is -2.12. The minimum Gasteiger partial charge on any atom is -0.441 e. The third kappa shape index (κ3) is 3.40. The van der Waals surface area contributed by atoms with Crippen molar-refractivity contribution in [2.45, 2.75) is 11.0 Å². The van der Waals surface area contributed by atoms with Gasteiger partial charge in [-0.1, -0.05) is 140 Å². The molecule has 1 atom stereocenters. The van der Waals surface area contributed by atoms with Crippen LogP contribution in [0.25, 0.3) is 5.70 Å². The number of rotatable bonds is 5. The van der Waals surface area contributed by atoms with Crippen molar-refractivity contribution in [3.63, 3.8) is 0 Å². The maximum Gasteiger partial charge on any atom is 0.380 e. The van der Waals surface area contributed by atoms with Gasteiger partial charge in [0.1, 0.15) is 5.41 Å². The van der Waals surface area contributed by atoms with Gasteiger partial charge in [-0.05, 0) is 28.8 Å². The lowest BCUT2D eigenvalue weighted by molar-refractivity contribution is -0.159. The molecule has 5 aromatic carbocycles. The van der Waals surface area contributed by atoms with Crippen molar-refractivity contribution in [2.24, 2.45) is 0 Å². The minimum atomic E-state index is -1.81. The van der Waals surface area contributed by atoms with Crippen molar-refractivity contribution in [1.29, 1.82) is 0 Å². The van der Waals surface area contributed by atoms with E-state index in [1.165, 1.54) is 0 Å². The number of hydrogen-bond donors (Lipinski definition) is 0. The number of ketones is 1. The van der Waals surface area contributed by atoms with E-state index in [-0.39, 0.29) is 11.5 Å². The first-order valence-corrected chi connectivity index (χ1v) is 13.7. The summed E-state index contributed by atoms with van der Waals surface area (Å²) in [4.78, 5) is 45.3. The number of amides is 1. The lowest BCUT2D eigenvalue weighted by Gasteiger charge is -2.53. The van der Waals surface area contributed by atoms with Gasteiger partial charge in [0, 0.05) is 11.3 Å². The molecule has 0 N–H and O–H groups in total. The monoisotopic (exact) mass is 547 g/mol. The van der Waals surface area contributed by atoms with E-state index in [4.69, 9.17) is 4.74 Å². The standard InChI is InChI=1S/C37H25NO4/c39-33-31-32(26-16-6-1-7-17-26)38(30-24-14-5-15-25-30)35(41)36(27-18-8-2-9-19-27,28-20-10-3-11-21-28)37(31,42-34(33)40)29-22-12-4-13-23-29/h1-25H. The van der Waals surface area contributed by atoms with E-state index in [2.05, 4.69) is 0 Å². The first-order chi connectivity index (χ1) is 20.6. The third-order valence-electron chi connectivity index (χ3n) is 8.18. The Morgan fingerprint density at radius 2 is 0.929 bits per heavy atom. The SMILES string of the molecule is O=C1OC2(c3ccccc3)C(=C(c3ccccc3)N(c3ccccc3)C(=O)C2(c2ccccc2)c2ccccc2)C1=O. The zero-order valence-electron chi connectivity index (χ0n) is 22.5. The van der Waals surface area contributed by atoms with Crippen LogP contribution in [0.1, 0.15) is 22.3 Å². The van der Waals surface area contributed by atoms with Crippen LogP contribution in [0.3, 0.4) is 0 Å². The van der Waals surface area contributed by atoms with E-state index in [1.807, 2.05) is 152 Å². The minimum absolute atomic E-state index is 0.126. The first kappa shape index (κ1) is 25.4. The van der Waals surface area contributed by atoms with Crippen LogP contribution >= 0.6 is 0 Å². The summed E-state index contributed by atoms with van der Waals surface area (Å²) in [7, 11) is 0. The van der Waals surface area contributed by atoms with Crippen LogP contribution in [-0.4, -0.2) is 17.7 Å². The van der Waals surface area contributed by atoms with Crippen LogP contribution in [-0.2, 0) is 30.1 Å². The molecule has 2 heterocycles. The Balaban J connectivity index is 1.76. The Morgan fingerprint density at radius 3 is 1.43 bits per heavy atom. The summed E-state index contributed by atoms with van der Waals surface area (Å²) < 4.78 is 6.39. The van der Waals surface area contributed by atoms with Gasteiger partial charge in [-0.3, -0.25) is 14.5 Å². The van der Waals surface area contributed by atoms with Crippen molar-refractivity contribution in [3.05, 3.63) is 179 Å². The van der Waals surface area contributed by atoms with Gasteiger partial charge in [0.05, 0.1) is 11.3 Å². The molecule has 1 fully saturated rings. The smallest absolute Gasteiger partial charge is 0.380 e. The highest BCUT2D eigenvalue weighted by Gasteiger charge is 2.73. The molecule has 0 spiro atoms. The van der Waals surface area contributed by atoms with Crippen molar-refractivity contribution in [2.75, 3.05) is 4.90 Å². The predicted molar refractivity (Wildman–Crippen MR) is 160 cm³/mol. The number of esters is 1. The molecular weight excluding hydrogens is 522 g/mol. The molecule has 5 heteroatoms. The molecular formula is C37H25NO4. The van der Waals surface area contributed by atoms with Crippen LogP contribution in [0.4, 0.5) is 5.69 Å². The lowest BCUT2D eigenvalue weighted by Crippen LogP contribution is -2.64. The molecule has 0 aromatic heterocycles. The molecule has 0 bridgehead atoms. The Labute approximate surface area is 243 Å². The first-order valence-electron chi connectivity index (χ1n) is 13.7. The number of ether oxygens (including phenoxy) is 1. The number of fused-ring (bicyclic) bond motifs is 1. The Hall–Kier alpha value is -5.55. The van der Waals surface area contributed by atoms with Gasteiger partial charge in [0.15, 0.2) is 5.60 Å². The second-order valence-corrected chi connectivity index (χ2v) is 10.3. The molecule has 1 saturated heterocycles. The summed E-state index contributed by atoms with van der Waals surface area (Å²) in [6.45, 7) is 0. The number of hydrogen-bond acceptors (Lipinski definition) is 4. The average molecular weight is 548 g/mol. The van der Waals surface area contributed by atoms with E-state index in [0.717, 1.165) is 0 Å². The Bertz CT molecular complexity index is 1800. The Morgan fingerprint density at radius 1 is 0.500 bits per heavy atom. The molecule has 2 aliphatic heterocycles. The lowest BCUT2D eigenvalue weighted by atomic mass is 9.55. The number of benzene rings is 5. The highest BCUT2D eigenvalue weighted by atomic mass is 16.6. The van der Waals surface area contributed by atoms with Crippen LogP contribution in [0.5, 0.6) is 0 Å². The number of Topliss-reactive ketones (excluding diaryl/α,β-unsaturated/α-hetero) is 1. The molecule has 0 radical (unpaired) electrons. The molecule has 42 heavy (non-hydrogen) atoms. The summed E-state index contributed by atoms with van der Waals surface area (Å²) in [5, 5.41) is 0. The number of carbonyl (C=O) groups excluding carboxylic acids is 3. The summed E-state index contributed by atoms with van der Waals surface area (Å²) in [5.41, 5.74) is -0.112. The van der Waals surface area contributed by atoms with Gasteiger partial charge < -0.3 is 4.74 Å². The molecule has 5 nitrogen and oxygen atoms in total. The van der Waals surface area contributed by atoms with E-state index in [1.54, 1.807) is 4.90 Å². The molecule has 2 aliphatic rings. The fourth-order valence-electron chi connectivity index (χ4n) is 6.55. The quantitative estimate of drug-likeness (QED) is 0.187. The number of anilines is 1. The van der Waals surface area contributed by atoms with Crippen LogP contribution in [0.15, 0.2) is 157 Å². The topological polar surface area (TPSA) is 63.7 Å². The van der Waals surface area contributed by atoms with Gasteiger partial charge in [-0.15, -0.1) is 0 Å². The molecule has 202 valence electrons. The maximum absolute atomic E-state index is 15.8. The highest BCUT2D eigenvalue weighted by molar-refractivity contribution is 6.47. The van der Waals surface area contributed by atoms with Crippen molar-refractivity contribution in [3.8, 4) is 0 Å². The van der Waals surface area contributed by atoms with Gasteiger partial charge in [-0.25, -0.2) is 4.79 Å². The zero-order valence-corrected chi connectivity index (χ0v) is 22.5. The third-order valence-corrected chi connectivity index (χ3v) is 8.18. The van der Waals surface area contributed by atoms with Crippen molar-refractivity contribution < 1.29 is 19.1 Å². The van der Waals surface area contributed by atoms with Gasteiger partial charge >= 0.3 is 5.97 Å². The maximum atomic E-state index is 15.8. The highest BCUT2D eigenvalue weighted by Crippen LogP contribution is 2.62. The zero-order chi connectivity index (χ0) is 28.7. The number of nitrogens with zero attached hydrogens (tertiary/aromatic N) is 1. The van der Waals surface area contributed by atoms with Gasteiger partial charge in [0.25, 0.3) is 11.7 Å². The normalized spacial score (nSPS) is 19.4. The molecule has 0 aliphatic carbocycles. The van der Waals surface area contributed by atoms with Crippen LogP contribution in [0, 0.1) is 0 Å². The van der Waals surface area contributed by atoms with E-state index >= 15 is 4.79 Å². The second-order valence-electron chi connectivity index (χ2n) is 10.3. The summed E-state index contributed by atoms with van der Waals surface area (Å²) in [6, 6.07) is 46.2. The second kappa shape index (κ2) is 9.82. The largest absolute Gasteiger partial charge is 0.441 e. The van der Waals surface area contributed by atoms with Gasteiger partial charge in [0.2, 0.25) is 0 Å². The van der Waals surface area contributed by atoms with E-state index in [0.29, 0.717) is 33.6 Å². The fraction of sp³-hybridized carbons (Fsp3) is 0.0541. The van der Waals surface area contributed by atoms with Crippen molar-refractivity contribution >= 4 is 29.0 Å². The summed E-state index contributed by atoms with van der Waals surface area (Å²) in [6.07, 6.45) is 0. The Kier molecular flexibility index (Phi) is 5.94. The average Bonchev–Trinajstić information content (AvgIpc) is 3.33. The summed E-state index contributed by atoms with van der Waals surface area (Å²) >= 11 is 0. The van der Waals surface area contributed by atoms with Crippen LogP contribution in [0.2, 0.25) is 0 Å². The predicted octanol–water partition coefficient (Wildman–Crippen LogP) is 6.45. The van der Waals surface area contributed by atoms with Crippen LogP contribution < -0.4 is 4.90 Å². The fourth-order valence-corrected chi connectivity index (χ4v) is 6.55. The molecule has 1 amide bonds. The molecule has 5 aromatic rings. The number of carbonyl (C=O) groups is 3. The van der Waals surface area contributed by atoms with E-state index in [9.17, 15) is 9.59 Å². The molecule has 7 rings (SSSR count). The molecule has 1 unspecified atom stereocenters. The van der Waals surface area contributed by atoms with Gasteiger partial charge in [-0.2, -0.15) is 0 Å². The van der Waals surface area contributed by atoms with E-state index < -0.39 is 22.8 Å². The number of para-hydroxylation sites is 1. The molecule has 0 saturated carbocycles. The van der Waals surface area contributed by atoms with Crippen molar-refractivity contribution in [1.82, 2.24) is 0 Å².